The third-order valence-electron chi connectivity index (χ3n) is 4.67. The highest BCUT2D eigenvalue weighted by Gasteiger charge is 2.38. The van der Waals surface area contributed by atoms with Crippen LogP contribution in [-0.4, -0.2) is 30.4 Å². The van der Waals surface area contributed by atoms with Crippen molar-refractivity contribution in [1.29, 1.82) is 0 Å². The second kappa shape index (κ2) is 9.05. The first-order valence-electron chi connectivity index (χ1n) is 9.13. The largest absolute Gasteiger partial charge is 0.452 e. The fraction of sp³-hybridized carbons (Fsp3) is 0.286. The molecule has 29 heavy (non-hydrogen) atoms. The van der Waals surface area contributed by atoms with Crippen molar-refractivity contribution in [1.82, 2.24) is 5.32 Å². The monoisotopic (exact) mass is 418 g/mol. The molecule has 1 aliphatic rings. The molecule has 3 rings (SSSR count). The van der Waals surface area contributed by atoms with Crippen molar-refractivity contribution in [3.8, 4) is 0 Å². The molecule has 1 fully saturated rings. The third-order valence-corrected chi connectivity index (χ3v) is 5.04. The van der Waals surface area contributed by atoms with Crippen LogP contribution in [0.3, 0.4) is 0 Å². The number of amides is 2. The number of esters is 1. The first kappa shape index (κ1) is 20.8. The SMILES string of the molecule is C[C@@H](OC(=O)[C@@H]1CC(=O)N(c2ccccc2F)C1)C(=O)NCc1ccccc1Cl. The minimum Gasteiger partial charge on any atom is -0.452 e. The summed E-state index contributed by atoms with van der Waals surface area (Å²) in [6, 6.07) is 12.9. The molecular formula is C21H20ClFN2O4. The molecule has 0 spiro atoms. The van der Waals surface area contributed by atoms with E-state index in [9.17, 15) is 18.8 Å². The van der Waals surface area contributed by atoms with Crippen LogP contribution in [0.4, 0.5) is 10.1 Å². The molecule has 0 bridgehead atoms. The van der Waals surface area contributed by atoms with Crippen LogP contribution in [0.15, 0.2) is 48.5 Å². The molecule has 1 saturated heterocycles. The standard InChI is InChI=1S/C21H20ClFN2O4/c1-13(20(27)24-11-14-6-2-3-7-16(14)22)29-21(28)15-10-19(26)25(12-15)18-9-5-4-8-17(18)23/h2-9,13,15H,10-12H2,1H3,(H,24,27)/t13-,15-/m1/s1. The number of nitrogens with zero attached hydrogens (tertiary/aromatic N) is 1. The Morgan fingerprint density at radius 3 is 2.66 bits per heavy atom. The van der Waals surface area contributed by atoms with Crippen molar-refractivity contribution >= 4 is 35.1 Å². The number of hydrogen-bond donors (Lipinski definition) is 1. The zero-order chi connectivity index (χ0) is 21.0. The van der Waals surface area contributed by atoms with Gasteiger partial charge < -0.3 is 15.0 Å². The zero-order valence-corrected chi connectivity index (χ0v) is 16.5. The van der Waals surface area contributed by atoms with E-state index < -0.39 is 29.7 Å². The van der Waals surface area contributed by atoms with Gasteiger partial charge in [0.2, 0.25) is 5.91 Å². The van der Waals surface area contributed by atoms with Crippen molar-refractivity contribution < 1.29 is 23.5 Å². The number of rotatable bonds is 6. The van der Waals surface area contributed by atoms with E-state index in [0.29, 0.717) is 5.02 Å². The Kier molecular flexibility index (Phi) is 6.49. The lowest BCUT2D eigenvalue weighted by Crippen LogP contribution is -2.37. The fourth-order valence-corrected chi connectivity index (χ4v) is 3.26. The van der Waals surface area contributed by atoms with E-state index >= 15 is 0 Å². The smallest absolute Gasteiger partial charge is 0.312 e. The van der Waals surface area contributed by atoms with E-state index in [1.807, 2.05) is 0 Å². The molecule has 2 aromatic carbocycles. The number of hydrogen-bond acceptors (Lipinski definition) is 4. The number of nitrogens with one attached hydrogen (secondary N) is 1. The Bertz CT molecular complexity index is 936. The first-order chi connectivity index (χ1) is 13.9. The first-order valence-corrected chi connectivity index (χ1v) is 9.51. The summed E-state index contributed by atoms with van der Waals surface area (Å²) >= 11 is 6.05. The molecule has 0 aromatic heterocycles. The molecule has 1 N–H and O–H groups in total. The van der Waals surface area contributed by atoms with Gasteiger partial charge in [-0.05, 0) is 30.7 Å². The molecule has 0 unspecified atom stereocenters. The molecule has 1 aliphatic heterocycles. The number of carbonyl (C=O) groups excluding carboxylic acids is 3. The van der Waals surface area contributed by atoms with Crippen molar-refractivity contribution in [3.05, 3.63) is 64.9 Å². The number of anilines is 1. The van der Waals surface area contributed by atoms with Crippen LogP contribution in [0, 0.1) is 11.7 Å². The maximum absolute atomic E-state index is 13.9. The maximum atomic E-state index is 13.9. The van der Waals surface area contributed by atoms with Gasteiger partial charge >= 0.3 is 5.97 Å². The lowest BCUT2D eigenvalue weighted by atomic mass is 10.1. The van der Waals surface area contributed by atoms with Gasteiger partial charge in [-0.25, -0.2) is 4.39 Å². The summed E-state index contributed by atoms with van der Waals surface area (Å²) < 4.78 is 19.2. The average molecular weight is 419 g/mol. The summed E-state index contributed by atoms with van der Waals surface area (Å²) in [5.41, 5.74) is 0.862. The Hall–Kier alpha value is -2.93. The number of para-hydroxylation sites is 1. The van der Waals surface area contributed by atoms with Gasteiger partial charge in [0.1, 0.15) is 5.82 Å². The molecule has 6 nitrogen and oxygen atoms in total. The minimum atomic E-state index is -1.04. The molecular weight excluding hydrogens is 399 g/mol. The van der Waals surface area contributed by atoms with Crippen LogP contribution in [0.25, 0.3) is 0 Å². The number of ether oxygens (including phenoxy) is 1. The molecule has 2 atom stereocenters. The fourth-order valence-electron chi connectivity index (χ4n) is 3.06. The Balaban J connectivity index is 1.54. The van der Waals surface area contributed by atoms with Crippen LogP contribution in [0.2, 0.25) is 5.02 Å². The van der Waals surface area contributed by atoms with E-state index in [0.717, 1.165) is 5.56 Å². The van der Waals surface area contributed by atoms with E-state index in [4.69, 9.17) is 16.3 Å². The van der Waals surface area contributed by atoms with Crippen LogP contribution in [-0.2, 0) is 25.7 Å². The molecule has 2 amide bonds. The topological polar surface area (TPSA) is 75.7 Å². The quantitative estimate of drug-likeness (QED) is 0.731. The summed E-state index contributed by atoms with van der Waals surface area (Å²) in [5, 5.41) is 3.18. The second-order valence-electron chi connectivity index (χ2n) is 6.75. The molecule has 0 saturated carbocycles. The minimum absolute atomic E-state index is 0.00651. The predicted molar refractivity (Wildman–Crippen MR) is 106 cm³/mol. The van der Waals surface area contributed by atoms with Crippen LogP contribution in [0.1, 0.15) is 18.9 Å². The highest BCUT2D eigenvalue weighted by atomic mass is 35.5. The summed E-state index contributed by atoms with van der Waals surface area (Å²) in [4.78, 5) is 38.1. The van der Waals surface area contributed by atoms with Gasteiger partial charge in [0.25, 0.3) is 5.91 Å². The van der Waals surface area contributed by atoms with Crippen molar-refractivity contribution in [2.24, 2.45) is 5.92 Å². The van der Waals surface area contributed by atoms with Crippen LogP contribution in [0.5, 0.6) is 0 Å². The van der Waals surface area contributed by atoms with Gasteiger partial charge in [-0.2, -0.15) is 0 Å². The molecule has 152 valence electrons. The maximum Gasteiger partial charge on any atom is 0.312 e. The highest BCUT2D eigenvalue weighted by Crippen LogP contribution is 2.28. The molecule has 8 heteroatoms. The van der Waals surface area contributed by atoms with E-state index in [-0.39, 0.29) is 31.1 Å². The molecule has 0 radical (unpaired) electrons. The van der Waals surface area contributed by atoms with Gasteiger partial charge in [0.15, 0.2) is 6.10 Å². The second-order valence-corrected chi connectivity index (χ2v) is 7.15. The Morgan fingerprint density at radius 1 is 1.24 bits per heavy atom. The summed E-state index contributed by atoms with van der Waals surface area (Å²) in [6.07, 6.45) is -1.14. The lowest BCUT2D eigenvalue weighted by molar-refractivity contribution is -0.158. The van der Waals surface area contributed by atoms with Gasteiger partial charge in [-0.1, -0.05) is 41.9 Å². The highest BCUT2D eigenvalue weighted by molar-refractivity contribution is 6.31. The Morgan fingerprint density at radius 2 is 1.93 bits per heavy atom. The van der Waals surface area contributed by atoms with Gasteiger partial charge in [-0.3, -0.25) is 14.4 Å². The molecule has 2 aromatic rings. The summed E-state index contributed by atoms with van der Waals surface area (Å²) in [5.74, 6) is -2.82. The van der Waals surface area contributed by atoms with E-state index in [1.54, 1.807) is 30.3 Å². The third kappa shape index (κ3) is 4.92. The van der Waals surface area contributed by atoms with Crippen molar-refractivity contribution in [3.63, 3.8) is 0 Å². The van der Waals surface area contributed by atoms with E-state index in [1.165, 1.54) is 30.0 Å². The van der Waals surface area contributed by atoms with Gasteiger partial charge in [0, 0.05) is 24.5 Å². The molecule has 1 heterocycles. The number of carbonyl (C=O) groups is 3. The number of halogens is 2. The lowest BCUT2D eigenvalue weighted by Gasteiger charge is -2.18. The zero-order valence-electron chi connectivity index (χ0n) is 15.7. The van der Waals surface area contributed by atoms with Crippen LogP contribution < -0.4 is 10.2 Å². The van der Waals surface area contributed by atoms with Crippen molar-refractivity contribution in [2.75, 3.05) is 11.4 Å². The van der Waals surface area contributed by atoms with Gasteiger partial charge in [-0.15, -0.1) is 0 Å². The number of benzene rings is 2. The average Bonchev–Trinajstić information content (AvgIpc) is 3.09. The van der Waals surface area contributed by atoms with E-state index in [2.05, 4.69) is 5.32 Å². The Labute approximate surface area is 172 Å². The summed E-state index contributed by atoms with van der Waals surface area (Å²) in [7, 11) is 0. The molecule has 0 aliphatic carbocycles. The normalized spacial score (nSPS) is 17.1. The van der Waals surface area contributed by atoms with Gasteiger partial charge in [0.05, 0.1) is 11.6 Å². The summed E-state index contributed by atoms with van der Waals surface area (Å²) in [6.45, 7) is 1.65. The van der Waals surface area contributed by atoms with Crippen LogP contribution >= 0.6 is 11.6 Å². The van der Waals surface area contributed by atoms with Crippen molar-refractivity contribution in [2.45, 2.75) is 26.0 Å². The predicted octanol–water partition coefficient (Wildman–Crippen LogP) is 3.08.